The quantitative estimate of drug-likeness (QED) is 0.663. The second-order valence-electron chi connectivity index (χ2n) is 4.56. The van der Waals surface area contributed by atoms with E-state index in [0.717, 1.165) is 11.5 Å². The zero-order valence-corrected chi connectivity index (χ0v) is 10.7. The SMILES string of the molecule is CCSC[C@@H](C)CC(=O)OC(C)(C)C. The molecule has 0 saturated heterocycles. The van der Waals surface area contributed by atoms with E-state index in [2.05, 4.69) is 13.8 Å². The summed E-state index contributed by atoms with van der Waals surface area (Å²) < 4.78 is 5.24. The highest BCUT2D eigenvalue weighted by atomic mass is 32.2. The van der Waals surface area contributed by atoms with Gasteiger partial charge in [0.2, 0.25) is 0 Å². The largest absolute Gasteiger partial charge is 0.460 e. The number of hydrogen-bond donors (Lipinski definition) is 0. The number of carbonyl (C=O) groups is 1. The Bertz CT molecular complexity index is 173. The summed E-state index contributed by atoms with van der Waals surface area (Å²) in [6, 6.07) is 0. The number of hydrogen-bond acceptors (Lipinski definition) is 3. The lowest BCUT2D eigenvalue weighted by Crippen LogP contribution is -2.25. The van der Waals surface area contributed by atoms with Gasteiger partial charge in [0.1, 0.15) is 5.60 Å². The van der Waals surface area contributed by atoms with Crippen molar-refractivity contribution in [3.8, 4) is 0 Å². The van der Waals surface area contributed by atoms with Crippen LogP contribution in [0, 0.1) is 5.92 Å². The number of thioether (sulfide) groups is 1. The molecular formula is C11H22O2S. The second-order valence-corrected chi connectivity index (χ2v) is 5.87. The molecule has 0 aromatic rings. The average Bonchev–Trinajstić information content (AvgIpc) is 1.96. The Morgan fingerprint density at radius 3 is 2.43 bits per heavy atom. The van der Waals surface area contributed by atoms with Crippen LogP contribution in [0.1, 0.15) is 41.0 Å². The molecule has 0 heterocycles. The lowest BCUT2D eigenvalue weighted by atomic mass is 10.1. The summed E-state index contributed by atoms with van der Waals surface area (Å²) in [6.07, 6.45) is 0.532. The highest BCUT2D eigenvalue weighted by Crippen LogP contribution is 2.15. The summed E-state index contributed by atoms with van der Waals surface area (Å²) in [5.41, 5.74) is -0.352. The van der Waals surface area contributed by atoms with E-state index in [1.54, 1.807) is 0 Å². The molecule has 3 heteroatoms. The molecule has 0 unspecified atom stereocenters. The van der Waals surface area contributed by atoms with Crippen molar-refractivity contribution < 1.29 is 9.53 Å². The first-order valence-electron chi connectivity index (χ1n) is 5.14. The van der Waals surface area contributed by atoms with Crippen LogP contribution in [0.2, 0.25) is 0 Å². The van der Waals surface area contributed by atoms with Gasteiger partial charge in [0.15, 0.2) is 0 Å². The molecule has 0 aromatic heterocycles. The molecular weight excluding hydrogens is 196 g/mol. The van der Waals surface area contributed by atoms with Crippen LogP contribution in [0.15, 0.2) is 0 Å². The summed E-state index contributed by atoms with van der Waals surface area (Å²) in [5, 5.41) is 0. The van der Waals surface area contributed by atoms with Gasteiger partial charge in [-0.3, -0.25) is 4.79 Å². The van der Waals surface area contributed by atoms with E-state index in [-0.39, 0.29) is 11.6 Å². The van der Waals surface area contributed by atoms with Crippen LogP contribution in [0.25, 0.3) is 0 Å². The molecule has 0 amide bonds. The van der Waals surface area contributed by atoms with Gasteiger partial charge in [-0.2, -0.15) is 11.8 Å². The van der Waals surface area contributed by atoms with Crippen LogP contribution in [-0.2, 0) is 9.53 Å². The van der Waals surface area contributed by atoms with Gasteiger partial charge in [-0.25, -0.2) is 0 Å². The van der Waals surface area contributed by atoms with Gasteiger partial charge < -0.3 is 4.74 Å². The van der Waals surface area contributed by atoms with Crippen molar-refractivity contribution in [1.82, 2.24) is 0 Å². The molecule has 0 saturated carbocycles. The molecule has 0 rings (SSSR count). The van der Waals surface area contributed by atoms with Gasteiger partial charge in [0.05, 0.1) is 0 Å². The highest BCUT2D eigenvalue weighted by molar-refractivity contribution is 7.99. The molecule has 0 spiro atoms. The van der Waals surface area contributed by atoms with Gasteiger partial charge >= 0.3 is 5.97 Å². The van der Waals surface area contributed by atoms with Gasteiger partial charge in [-0.15, -0.1) is 0 Å². The van der Waals surface area contributed by atoms with Crippen molar-refractivity contribution in [2.75, 3.05) is 11.5 Å². The maximum atomic E-state index is 11.4. The van der Waals surface area contributed by atoms with E-state index >= 15 is 0 Å². The zero-order valence-electron chi connectivity index (χ0n) is 9.92. The monoisotopic (exact) mass is 218 g/mol. The first kappa shape index (κ1) is 13.8. The normalized spacial score (nSPS) is 13.8. The highest BCUT2D eigenvalue weighted by Gasteiger charge is 2.18. The van der Waals surface area contributed by atoms with Crippen molar-refractivity contribution in [3.05, 3.63) is 0 Å². The van der Waals surface area contributed by atoms with E-state index in [0.29, 0.717) is 12.3 Å². The summed E-state index contributed by atoms with van der Waals surface area (Å²) in [4.78, 5) is 11.4. The number of esters is 1. The molecule has 84 valence electrons. The van der Waals surface area contributed by atoms with Gasteiger partial charge in [0, 0.05) is 6.42 Å². The second kappa shape index (κ2) is 6.33. The van der Waals surface area contributed by atoms with Crippen molar-refractivity contribution in [2.24, 2.45) is 5.92 Å². The Labute approximate surface area is 91.8 Å². The zero-order chi connectivity index (χ0) is 11.2. The summed E-state index contributed by atoms with van der Waals surface area (Å²) in [6.45, 7) is 9.92. The Balaban J connectivity index is 3.71. The minimum absolute atomic E-state index is 0.0818. The summed E-state index contributed by atoms with van der Waals surface area (Å²) in [5.74, 6) is 2.48. The fourth-order valence-corrected chi connectivity index (χ4v) is 1.80. The van der Waals surface area contributed by atoms with Crippen molar-refractivity contribution in [1.29, 1.82) is 0 Å². The first-order valence-corrected chi connectivity index (χ1v) is 6.30. The Hall–Kier alpha value is -0.180. The smallest absolute Gasteiger partial charge is 0.306 e. The molecule has 0 aliphatic carbocycles. The molecule has 0 aliphatic rings. The van der Waals surface area contributed by atoms with Gasteiger partial charge in [-0.05, 0) is 38.2 Å². The molecule has 0 radical (unpaired) electrons. The van der Waals surface area contributed by atoms with E-state index in [1.165, 1.54) is 0 Å². The third-order valence-corrected chi connectivity index (χ3v) is 2.75. The maximum absolute atomic E-state index is 11.4. The Kier molecular flexibility index (Phi) is 6.25. The standard InChI is InChI=1S/C11H22O2S/c1-6-14-8-9(2)7-10(12)13-11(3,4)5/h9H,6-8H2,1-5H3/t9-/m0/s1. The fourth-order valence-electron chi connectivity index (χ4n) is 1.05. The molecule has 0 fully saturated rings. The van der Waals surface area contributed by atoms with Crippen molar-refractivity contribution >= 4 is 17.7 Å². The molecule has 14 heavy (non-hydrogen) atoms. The number of rotatable bonds is 5. The minimum Gasteiger partial charge on any atom is -0.460 e. The minimum atomic E-state index is -0.352. The fraction of sp³-hybridized carbons (Fsp3) is 0.909. The molecule has 0 N–H and O–H groups in total. The number of ether oxygens (including phenoxy) is 1. The third-order valence-electron chi connectivity index (χ3n) is 1.54. The van der Waals surface area contributed by atoms with Crippen LogP contribution in [0.5, 0.6) is 0 Å². The molecule has 0 bridgehead atoms. The van der Waals surface area contributed by atoms with Gasteiger partial charge in [-0.1, -0.05) is 13.8 Å². The topological polar surface area (TPSA) is 26.3 Å². The van der Waals surface area contributed by atoms with Crippen LogP contribution in [-0.4, -0.2) is 23.1 Å². The lowest BCUT2D eigenvalue weighted by Gasteiger charge is -2.20. The average molecular weight is 218 g/mol. The maximum Gasteiger partial charge on any atom is 0.306 e. The van der Waals surface area contributed by atoms with E-state index < -0.39 is 0 Å². The van der Waals surface area contributed by atoms with Crippen LogP contribution < -0.4 is 0 Å². The third kappa shape index (κ3) is 8.42. The summed E-state index contributed by atoms with van der Waals surface area (Å²) in [7, 11) is 0. The molecule has 2 nitrogen and oxygen atoms in total. The number of carbonyl (C=O) groups excluding carboxylic acids is 1. The molecule has 0 aliphatic heterocycles. The van der Waals surface area contributed by atoms with E-state index in [9.17, 15) is 4.79 Å². The lowest BCUT2D eigenvalue weighted by molar-refractivity contribution is -0.155. The van der Waals surface area contributed by atoms with Gasteiger partial charge in [0.25, 0.3) is 0 Å². The van der Waals surface area contributed by atoms with Crippen LogP contribution in [0.3, 0.4) is 0 Å². The molecule has 0 aromatic carbocycles. The van der Waals surface area contributed by atoms with Crippen LogP contribution in [0.4, 0.5) is 0 Å². The van der Waals surface area contributed by atoms with Crippen LogP contribution >= 0.6 is 11.8 Å². The predicted molar refractivity (Wildman–Crippen MR) is 62.6 cm³/mol. The van der Waals surface area contributed by atoms with E-state index in [4.69, 9.17) is 4.74 Å². The van der Waals surface area contributed by atoms with Crippen molar-refractivity contribution in [2.45, 2.75) is 46.6 Å². The first-order chi connectivity index (χ1) is 6.35. The Morgan fingerprint density at radius 2 is 2.00 bits per heavy atom. The summed E-state index contributed by atoms with van der Waals surface area (Å²) >= 11 is 1.87. The Morgan fingerprint density at radius 1 is 1.43 bits per heavy atom. The van der Waals surface area contributed by atoms with E-state index in [1.807, 2.05) is 32.5 Å². The van der Waals surface area contributed by atoms with Crippen molar-refractivity contribution in [3.63, 3.8) is 0 Å². The predicted octanol–water partition coefficient (Wildman–Crippen LogP) is 3.11. The molecule has 1 atom stereocenters.